The quantitative estimate of drug-likeness (QED) is 0.181. The molecule has 0 aliphatic rings. The van der Waals surface area contributed by atoms with Gasteiger partial charge in [0.2, 0.25) is 17.7 Å². The van der Waals surface area contributed by atoms with E-state index in [0.29, 0.717) is 5.69 Å². The van der Waals surface area contributed by atoms with Crippen LogP contribution in [-0.4, -0.2) is 61.9 Å². The van der Waals surface area contributed by atoms with Gasteiger partial charge in [-0.05, 0) is 18.1 Å². The highest BCUT2D eigenvalue weighted by Gasteiger charge is 2.29. The van der Waals surface area contributed by atoms with E-state index in [1.54, 1.807) is 6.20 Å². The van der Waals surface area contributed by atoms with E-state index in [4.69, 9.17) is 11.5 Å². The fourth-order valence-corrected chi connectivity index (χ4v) is 3.53. The second-order valence-electron chi connectivity index (χ2n) is 7.92. The molecule has 3 unspecified atom stereocenters. The number of carboxylic acid groups (broad SMARTS) is 1. The van der Waals surface area contributed by atoms with E-state index in [0.717, 1.165) is 16.5 Å². The Balaban J connectivity index is 1.73. The van der Waals surface area contributed by atoms with E-state index in [9.17, 15) is 24.3 Å². The first-order valence-corrected chi connectivity index (χ1v) is 10.6. The van der Waals surface area contributed by atoms with Crippen LogP contribution in [0.4, 0.5) is 0 Å². The molecule has 3 amide bonds. The highest BCUT2D eigenvalue weighted by atomic mass is 16.4. The maximum Gasteiger partial charge on any atom is 0.326 e. The summed E-state index contributed by atoms with van der Waals surface area (Å²) in [5.74, 6) is -3.18. The molecule has 2 aromatic heterocycles. The van der Waals surface area contributed by atoms with Crippen molar-refractivity contribution in [2.75, 3.05) is 0 Å². The average molecular weight is 470 g/mol. The number of para-hydroxylation sites is 1. The van der Waals surface area contributed by atoms with Gasteiger partial charge in [0.15, 0.2) is 0 Å². The molecule has 0 spiro atoms. The van der Waals surface area contributed by atoms with Crippen LogP contribution in [-0.2, 0) is 32.0 Å². The lowest BCUT2D eigenvalue weighted by Crippen LogP contribution is -2.55. The lowest BCUT2D eigenvalue weighted by molar-refractivity contribution is -0.142. The summed E-state index contributed by atoms with van der Waals surface area (Å²) >= 11 is 0. The summed E-state index contributed by atoms with van der Waals surface area (Å²) in [5.41, 5.74) is 13.0. The van der Waals surface area contributed by atoms with E-state index in [1.165, 1.54) is 12.5 Å². The van der Waals surface area contributed by atoms with Crippen LogP contribution >= 0.6 is 0 Å². The predicted octanol–water partition coefficient (Wildman–Crippen LogP) is -0.677. The summed E-state index contributed by atoms with van der Waals surface area (Å²) in [5, 5.41) is 15.6. The average Bonchev–Trinajstić information content (AvgIpc) is 3.46. The van der Waals surface area contributed by atoms with Crippen molar-refractivity contribution < 1.29 is 24.3 Å². The van der Waals surface area contributed by atoms with Crippen molar-refractivity contribution in [1.82, 2.24) is 25.6 Å². The molecule has 34 heavy (non-hydrogen) atoms. The van der Waals surface area contributed by atoms with Crippen molar-refractivity contribution in [3.8, 4) is 0 Å². The summed E-state index contributed by atoms with van der Waals surface area (Å²) in [6.45, 7) is 0. The third-order valence-electron chi connectivity index (χ3n) is 5.36. The van der Waals surface area contributed by atoms with Crippen molar-refractivity contribution in [2.45, 2.75) is 43.8 Å². The number of aromatic amines is 2. The Morgan fingerprint density at radius 2 is 1.76 bits per heavy atom. The van der Waals surface area contributed by atoms with Crippen molar-refractivity contribution in [3.05, 3.63) is 54.2 Å². The fourth-order valence-electron chi connectivity index (χ4n) is 3.53. The third kappa shape index (κ3) is 6.42. The summed E-state index contributed by atoms with van der Waals surface area (Å²) in [6.07, 6.45) is 4.60. The molecule has 3 rings (SSSR count). The van der Waals surface area contributed by atoms with Gasteiger partial charge in [-0.25, -0.2) is 9.78 Å². The van der Waals surface area contributed by atoms with Gasteiger partial charge in [0.1, 0.15) is 12.1 Å². The smallest absolute Gasteiger partial charge is 0.326 e. The molecule has 0 aliphatic carbocycles. The highest BCUT2D eigenvalue weighted by molar-refractivity contribution is 5.92. The van der Waals surface area contributed by atoms with Crippen LogP contribution in [0.3, 0.4) is 0 Å². The molecule has 3 aromatic rings. The molecule has 0 saturated heterocycles. The van der Waals surface area contributed by atoms with Gasteiger partial charge in [0.25, 0.3) is 0 Å². The maximum atomic E-state index is 13.1. The molecule has 9 N–H and O–H groups in total. The van der Waals surface area contributed by atoms with Gasteiger partial charge < -0.3 is 37.2 Å². The molecule has 3 atom stereocenters. The first kappa shape index (κ1) is 24.5. The van der Waals surface area contributed by atoms with Crippen molar-refractivity contribution in [1.29, 1.82) is 0 Å². The zero-order chi connectivity index (χ0) is 24.7. The van der Waals surface area contributed by atoms with E-state index in [-0.39, 0.29) is 25.7 Å². The lowest BCUT2D eigenvalue weighted by Gasteiger charge is -2.22. The highest BCUT2D eigenvalue weighted by Crippen LogP contribution is 2.19. The largest absolute Gasteiger partial charge is 0.480 e. The number of fused-ring (bicyclic) bond motifs is 1. The normalized spacial score (nSPS) is 13.7. The molecule has 0 saturated carbocycles. The summed E-state index contributed by atoms with van der Waals surface area (Å²) in [7, 11) is 0. The van der Waals surface area contributed by atoms with Crippen LogP contribution in [0, 0.1) is 0 Å². The summed E-state index contributed by atoms with van der Waals surface area (Å²) in [4.78, 5) is 58.3. The molecule has 180 valence electrons. The maximum absolute atomic E-state index is 13.1. The number of aliphatic carboxylic acids is 1. The first-order valence-electron chi connectivity index (χ1n) is 10.6. The SMILES string of the molecule is NC(=O)CCC(N)C(=O)NC(Cc1cnc[nH]1)C(=O)NC(Cc1c[nH]c2ccccc12)C(=O)O. The number of primary amides is 1. The number of nitrogens with zero attached hydrogens (tertiary/aromatic N) is 1. The Kier molecular flexibility index (Phi) is 7.98. The number of amides is 3. The van der Waals surface area contributed by atoms with E-state index >= 15 is 0 Å². The van der Waals surface area contributed by atoms with Crippen molar-refractivity contribution in [3.63, 3.8) is 0 Å². The standard InChI is InChI=1S/C22H27N7O5/c23-15(5-6-19(24)30)20(31)28-17(8-13-10-25-11-27-13)21(32)29-18(22(33)34)7-12-9-26-16-4-2-1-3-14(12)16/h1-4,9-11,15,17-18,26H,5-8,23H2,(H2,24,30)(H,25,27)(H,28,31)(H,29,32)(H,33,34). The number of H-pyrrole nitrogens is 2. The number of carbonyl (C=O) groups excluding carboxylic acids is 3. The van der Waals surface area contributed by atoms with Crippen LogP contribution in [0.2, 0.25) is 0 Å². The predicted molar refractivity (Wildman–Crippen MR) is 122 cm³/mol. The van der Waals surface area contributed by atoms with Gasteiger partial charge in [-0.15, -0.1) is 0 Å². The molecule has 0 bridgehead atoms. The molecule has 0 fully saturated rings. The number of rotatable bonds is 12. The van der Waals surface area contributed by atoms with E-state index in [2.05, 4.69) is 25.6 Å². The molecule has 0 aliphatic heterocycles. The number of aromatic nitrogens is 3. The minimum absolute atomic E-state index is 0.0118. The lowest BCUT2D eigenvalue weighted by atomic mass is 10.0. The topological polar surface area (TPSA) is 209 Å². The van der Waals surface area contributed by atoms with Gasteiger partial charge in [-0.1, -0.05) is 18.2 Å². The molecular formula is C22H27N7O5. The second-order valence-corrected chi connectivity index (χ2v) is 7.92. The number of carbonyl (C=O) groups is 4. The van der Waals surface area contributed by atoms with Crippen LogP contribution < -0.4 is 22.1 Å². The number of imidazole rings is 1. The monoisotopic (exact) mass is 469 g/mol. The van der Waals surface area contributed by atoms with Gasteiger partial charge in [0.05, 0.1) is 12.4 Å². The minimum atomic E-state index is -1.24. The van der Waals surface area contributed by atoms with Gasteiger partial charge >= 0.3 is 5.97 Å². The van der Waals surface area contributed by atoms with Gasteiger partial charge in [0, 0.05) is 48.3 Å². The Labute approximate surface area is 194 Å². The number of nitrogens with one attached hydrogen (secondary N) is 4. The van der Waals surface area contributed by atoms with Gasteiger partial charge in [-0.3, -0.25) is 14.4 Å². The minimum Gasteiger partial charge on any atom is -0.480 e. The van der Waals surface area contributed by atoms with Crippen LogP contribution in [0.1, 0.15) is 24.1 Å². The van der Waals surface area contributed by atoms with Crippen molar-refractivity contribution >= 4 is 34.6 Å². The Hall–Kier alpha value is -4.19. The molecule has 0 radical (unpaired) electrons. The van der Waals surface area contributed by atoms with Crippen molar-refractivity contribution in [2.24, 2.45) is 11.5 Å². The summed E-state index contributed by atoms with van der Waals surface area (Å²) < 4.78 is 0. The zero-order valence-electron chi connectivity index (χ0n) is 18.3. The Morgan fingerprint density at radius 1 is 1.03 bits per heavy atom. The molecular weight excluding hydrogens is 442 g/mol. The molecule has 2 heterocycles. The van der Waals surface area contributed by atoms with Gasteiger partial charge in [-0.2, -0.15) is 0 Å². The number of hydrogen-bond donors (Lipinski definition) is 7. The number of carboxylic acids is 1. The first-order chi connectivity index (χ1) is 16.2. The molecule has 12 nitrogen and oxygen atoms in total. The third-order valence-corrected chi connectivity index (χ3v) is 5.36. The number of nitrogens with two attached hydrogens (primary N) is 2. The molecule has 1 aromatic carbocycles. The van der Waals surface area contributed by atoms with Crippen LogP contribution in [0.15, 0.2) is 43.0 Å². The zero-order valence-corrected chi connectivity index (χ0v) is 18.3. The second kappa shape index (κ2) is 11.1. The van der Waals surface area contributed by atoms with Crippen LogP contribution in [0.5, 0.6) is 0 Å². The van der Waals surface area contributed by atoms with E-state index in [1.807, 2.05) is 24.3 Å². The Bertz CT molecular complexity index is 1160. The summed E-state index contributed by atoms with van der Waals surface area (Å²) in [6, 6.07) is 3.99. The van der Waals surface area contributed by atoms with Crippen LogP contribution in [0.25, 0.3) is 10.9 Å². The number of benzene rings is 1. The fraction of sp³-hybridized carbons (Fsp3) is 0.318. The van der Waals surface area contributed by atoms with E-state index < -0.39 is 41.8 Å². The molecule has 12 heteroatoms. The number of hydrogen-bond acceptors (Lipinski definition) is 6. The Morgan fingerprint density at radius 3 is 2.44 bits per heavy atom.